The van der Waals surface area contributed by atoms with E-state index in [4.69, 9.17) is 4.74 Å². The Morgan fingerprint density at radius 2 is 1.69 bits per heavy atom. The second kappa shape index (κ2) is 12.8. The summed E-state index contributed by atoms with van der Waals surface area (Å²) in [6, 6.07) is 18.7. The van der Waals surface area contributed by atoms with Gasteiger partial charge in [0, 0.05) is 30.8 Å². The number of hydrogen-bond donors (Lipinski definition) is 2. The molecule has 1 amide bonds. The summed E-state index contributed by atoms with van der Waals surface area (Å²) in [5.41, 5.74) is 1.61. The average Bonchev–Trinajstić information content (AvgIpc) is 3.00. The molecule has 0 saturated carbocycles. The largest absolute Gasteiger partial charge is 0.488 e. The number of nitrogens with zero attached hydrogens (tertiary/aromatic N) is 2. The molecule has 3 aromatic carbocycles. The molecule has 2 N–H and O–H groups in total. The van der Waals surface area contributed by atoms with Crippen LogP contribution in [0.15, 0.2) is 82.6 Å². The molecule has 1 heterocycles. The van der Waals surface area contributed by atoms with Gasteiger partial charge in [0.25, 0.3) is 10.0 Å². The summed E-state index contributed by atoms with van der Waals surface area (Å²) in [7, 11) is -6.23. The molecule has 0 aromatic heterocycles. The summed E-state index contributed by atoms with van der Waals surface area (Å²) < 4.78 is 62.8. The number of sulfonamides is 2. The van der Waals surface area contributed by atoms with Gasteiger partial charge in [-0.25, -0.2) is 16.8 Å². The summed E-state index contributed by atoms with van der Waals surface area (Å²) in [5, 5.41) is 9.87. The molecule has 0 spiro atoms. The van der Waals surface area contributed by atoms with E-state index < -0.39 is 32.2 Å². The Balaban J connectivity index is 1.68. The zero-order valence-electron chi connectivity index (χ0n) is 24.1. The van der Waals surface area contributed by atoms with Crippen LogP contribution in [-0.4, -0.2) is 75.9 Å². The van der Waals surface area contributed by atoms with Gasteiger partial charge in [0.15, 0.2) is 0 Å². The topological polar surface area (TPSA) is 133 Å². The fourth-order valence-electron chi connectivity index (χ4n) is 4.77. The molecular weight excluding hydrogens is 578 g/mol. The maximum Gasteiger partial charge on any atom is 0.261 e. The number of anilines is 1. The van der Waals surface area contributed by atoms with Crippen LogP contribution in [0.5, 0.6) is 5.75 Å². The molecule has 0 radical (unpaired) electrons. The third-order valence-corrected chi connectivity index (χ3v) is 10.6. The highest BCUT2D eigenvalue weighted by molar-refractivity contribution is 7.92. The first-order valence-corrected chi connectivity index (χ1v) is 16.5. The summed E-state index contributed by atoms with van der Waals surface area (Å²) >= 11 is 0. The SMILES string of the molecule is Cc1ccc(S(=O)(=O)Nc2ccc3c(c2)CC(=O)N([C@H](C)CO)C[C@H](C)[C@@H](CN(C)S(=O)(=O)c2ccccc2)O3)cc1. The average molecular weight is 616 g/mol. The lowest BCUT2D eigenvalue weighted by Crippen LogP contribution is -2.48. The lowest BCUT2D eigenvalue weighted by molar-refractivity contribution is -0.134. The first-order valence-electron chi connectivity index (χ1n) is 13.6. The van der Waals surface area contributed by atoms with E-state index in [1.54, 1.807) is 60.4 Å². The molecule has 226 valence electrons. The maximum absolute atomic E-state index is 13.5. The molecule has 0 saturated heterocycles. The first kappa shape index (κ1) is 31.5. The zero-order valence-corrected chi connectivity index (χ0v) is 25.7. The molecular formula is C30H37N3O7S2. The van der Waals surface area contributed by atoms with Crippen molar-refractivity contribution in [3.63, 3.8) is 0 Å². The van der Waals surface area contributed by atoms with Crippen molar-refractivity contribution in [1.82, 2.24) is 9.21 Å². The van der Waals surface area contributed by atoms with Gasteiger partial charge in [-0.2, -0.15) is 4.31 Å². The highest BCUT2D eigenvalue weighted by Crippen LogP contribution is 2.30. The Labute approximate surface area is 248 Å². The van der Waals surface area contributed by atoms with E-state index in [1.165, 1.54) is 35.6 Å². The molecule has 3 atom stereocenters. The smallest absolute Gasteiger partial charge is 0.261 e. The molecule has 0 fully saturated rings. The fraction of sp³-hybridized carbons (Fsp3) is 0.367. The van der Waals surface area contributed by atoms with Crippen LogP contribution < -0.4 is 9.46 Å². The van der Waals surface area contributed by atoms with Gasteiger partial charge in [0.05, 0.1) is 35.4 Å². The van der Waals surface area contributed by atoms with Crippen molar-refractivity contribution in [2.75, 3.05) is 31.5 Å². The van der Waals surface area contributed by atoms with Gasteiger partial charge in [-0.15, -0.1) is 0 Å². The number of aryl methyl sites for hydroxylation is 1. The number of rotatable bonds is 9. The van der Waals surface area contributed by atoms with Gasteiger partial charge in [-0.3, -0.25) is 9.52 Å². The number of likely N-dealkylation sites (N-methyl/N-ethyl adjacent to an activating group) is 1. The molecule has 42 heavy (non-hydrogen) atoms. The van der Waals surface area contributed by atoms with Gasteiger partial charge in [0.2, 0.25) is 15.9 Å². The number of benzene rings is 3. The minimum Gasteiger partial charge on any atom is -0.488 e. The number of aliphatic hydroxyl groups excluding tert-OH is 1. The van der Waals surface area contributed by atoms with E-state index >= 15 is 0 Å². The van der Waals surface area contributed by atoms with E-state index in [1.807, 2.05) is 13.8 Å². The van der Waals surface area contributed by atoms with Crippen molar-refractivity contribution >= 4 is 31.6 Å². The normalized spacial score (nSPS) is 18.8. The standard InChI is InChI=1S/C30H37N3O7S2/c1-21-10-13-26(14-11-21)41(36,37)31-25-12-15-28-24(16-25)17-30(35)33(23(3)20-34)18-22(2)29(40-28)19-32(4)42(38,39)27-8-6-5-7-9-27/h5-16,22-23,29,31,34H,17-20H2,1-4H3/t22-,23+,29+/m0/s1. The molecule has 12 heteroatoms. The number of fused-ring (bicyclic) bond motifs is 1. The second-order valence-corrected chi connectivity index (χ2v) is 14.5. The first-order chi connectivity index (χ1) is 19.8. The lowest BCUT2D eigenvalue weighted by Gasteiger charge is -2.33. The minimum absolute atomic E-state index is 0.00479. The lowest BCUT2D eigenvalue weighted by atomic mass is 10.0. The molecule has 0 bridgehead atoms. The van der Waals surface area contributed by atoms with Crippen LogP contribution in [0.4, 0.5) is 5.69 Å². The molecule has 10 nitrogen and oxygen atoms in total. The van der Waals surface area contributed by atoms with Gasteiger partial charge >= 0.3 is 0 Å². The summed E-state index contributed by atoms with van der Waals surface area (Å²) in [5.74, 6) is -0.234. The number of aliphatic hydroxyl groups is 1. The quantitative estimate of drug-likeness (QED) is 0.378. The number of carbonyl (C=O) groups excluding carboxylic acids is 1. The van der Waals surface area contributed by atoms with Gasteiger partial charge < -0.3 is 14.7 Å². The molecule has 4 rings (SSSR count). The van der Waals surface area contributed by atoms with Crippen LogP contribution in [0, 0.1) is 12.8 Å². The predicted octanol–water partition coefficient (Wildman–Crippen LogP) is 3.27. The van der Waals surface area contributed by atoms with Gasteiger partial charge in [-0.1, -0.05) is 42.8 Å². The van der Waals surface area contributed by atoms with Gasteiger partial charge in [-0.05, 0) is 56.3 Å². The number of carbonyl (C=O) groups is 1. The van der Waals surface area contributed by atoms with Crippen LogP contribution in [-0.2, 0) is 31.3 Å². The van der Waals surface area contributed by atoms with E-state index in [0.717, 1.165) is 5.56 Å². The molecule has 3 aromatic rings. The maximum atomic E-state index is 13.5. The van der Waals surface area contributed by atoms with E-state index in [0.29, 0.717) is 11.3 Å². The third kappa shape index (κ3) is 7.12. The van der Waals surface area contributed by atoms with Crippen molar-refractivity contribution in [2.24, 2.45) is 5.92 Å². The summed E-state index contributed by atoms with van der Waals surface area (Å²) in [4.78, 5) is 15.3. The van der Waals surface area contributed by atoms with Gasteiger partial charge in [0.1, 0.15) is 11.9 Å². The third-order valence-electron chi connectivity index (χ3n) is 7.39. The monoisotopic (exact) mass is 615 g/mol. The zero-order chi connectivity index (χ0) is 30.7. The van der Waals surface area contributed by atoms with E-state index in [9.17, 15) is 26.7 Å². The van der Waals surface area contributed by atoms with Crippen LogP contribution in [0.3, 0.4) is 0 Å². The van der Waals surface area contributed by atoms with Crippen molar-refractivity contribution < 1.29 is 31.5 Å². The molecule has 0 aliphatic carbocycles. The Hall–Kier alpha value is -3.45. The van der Waals surface area contributed by atoms with Crippen LogP contribution >= 0.6 is 0 Å². The van der Waals surface area contributed by atoms with Crippen molar-refractivity contribution in [3.8, 4) is 5.75 Å². The Kier molecular flexibility index (Phi) is 9.61. The van der Waals surface area contributed by atoms with Crippen LogP contribution in [0.25, 0.3) is 0 Å². The number of amides is 1. The van der Waals surface area contributed by atoms with E-state index in [2.05, 4.69) is 4.72 Å². The van der Waals surface area contributed by atoms with Crippen LogP contribution in [0.2, 0.25) is 0 Å². The van der Waals surface area contributed by atoms with Crippen LogP contribution in [0.1, 0.15) is 25.0 Å². The molecule has 1 aliphatic rings. The van der Waals surface area contributed by atoms with E-state index in [-0.39, 0.29) is 53.4 Å². The highest BCUT2D eigenvalue weighted by Gasteiger charge is 2.33. The van der Waals surface area contributed by atoms with Crippen molar-refractivity contribution in [1.29, 1.82) is 0 Å². The molecule has 1 aliphatic heterocycles. The Morgan fingerprint density at radius 1 is 1.02 bits per heavy atom. The minimum atomic E-state index is -3.89. The number of nitrogens with one attached hydrogen (secondary N) is 1. The van der Waals surface area contributed by atoms with Crippen molar-refractivity contribution in [2.45, 2.75) is 49.1 Å². The predicted molar refractivity (Wildman–Crippen MR) is 160 cm³/mol. The Bertz CT molecular complexity index is 1610. The summed E-state index contributed by atoms with van der Waals surface area (Å²) in [6.07, 6.45) is -0.765. The molecule has 0 unspecified atom stereocenters. The Morgan fingerprint density at radius 3 is 2.33 bits per heavy atom. The number of ether oxygens (including phenoxy) is 1. The number of hydrogen-bond acceptors (Lipinski definition) is 7. The van der Waals surface area contributed by atoms with Crippen molar-refractivity contribution in [3.05, 3.63) is 83.9 Å². The second-order valence-electron chi connectivity index (χ2n) is 10.7. The fourth-order valence-corrected chi connectivity index (χ4v) is 7.02. The highest BCUT2D eigenvalue weighted by atomic mass is 32.2. The summed E-state index contributed by atoms with van der Waals surface area (Å²) in [6.45, 7) is 5.43.